The Bertz CT molecular complexity index is 814. The highest BCUT2D eigenvalue weighted by Crippen LogP contribution is 2.19. The van der Waals surface area contributed by atoms with Crippen LogP contribution in [0.1, 0.15) is 10.5 Å². The SMILES string of the molecule is CN(C)c1ncncc1NC(=O)c1cccc(-n2cccn2)n1. The third-order valence-corrected chi connectivity index (χ3v) is 3.07. The number of amides is 1. The third kappa shape index (κ3) is 3.15. The average Bonchev–Trinajstić information content (AvgIpc) is 3.10. The molecule has 8 heteroatoms. The van der Waals surface area contributed by atoms with Crippen LogP contribution in [-0.2, 0) is 0 Å². The molecule has 0 aliphatic rings. The topological polar surface area (TPSA) is 88.8 Å². The molecule has 0 radical (unpaired) electrons. The maximum atomic E-state index is 12.4. The quantitative estimate of drug-likeness (QED) is 0.783. The van der Waals surface area contributed by atoms with E-state index in [-0.39, 0.29) is 11.6 Å². The van der Waals surface area contributed by atoms with Crippen molar-refractivity contribution in [2.24, 2.45) is 0 Å². The van der Waals surface area contributed by atoms with Gasteiger partial charge in [-0.2, -0.15) is 5.10 Å². The van der Waals surface area contributed by atoms with E-state index >= 15 is 0 Å². The molecule has 0 saturated heterocycles. The zero-order valence-electron chi connectivity index (χ0n) is 12.7. The van der Waals surface area contributed by atoms with Crippen LogP contribution in [0.3, 0.4) is 0 Å². The van der Waals surface area contributed by atoms with Gasteiger partial charge in [-0.1, -0.05) is 6.07 Å². The normalized spacial score (nSPS) is 10.3. The fourth-order valence-electron chi connectivity index (χ4n) is 2.04. The Hall–Kier alpha value is -3.29. The van der Waals surface area contributed by atoms with Crippen LogP contribution in [0.5, 0.6) is 0 Å². The number of aromatic nitrogens is 5. The Kier molecular flexibility index (Phi) is 3.96. The summed E-state index contributed by atoms with van der Waals surface area (Å²) >= 11 is 0. The van der Waals surface area contributed by atoms with E-state index < -0.39 is 0 Å². The molecule has 3 heterocycles. The van der Waals surface area contributed by atoms with Crippen LogP contribution in [0.2, 0.25) is 0 Å². The molecule has 0 bridgehead atoms. The molecule has 0 fully saturated rings. The summed E-state index contributed by atoms with van der Waals surface area (Å²) in [5.41, 5.74) is 0.806. The summed E-state index contributed by atoms with van der Waals surface area (Å²) in [7, 11) is 3.68. The Labute approximate surface area is 132 Å². The molecule has 1 amide bonds. The number of hydrogen-bond acceptors (Lipinski definition) is 6. The highest BCUT2D eigenvalue weighted by atomic mass is 16.1. The highest BCUT2D eigenvalue weighted by molar-refractivity contribution is 6.04. The van der Waals surface area contributed by atoms with Crippen molar-refractivity contribution < 1.29 is 4.79 Å². The van der Waals surface area contributed by atoms with Gasteiger partial charge in [-0.05, 0) is 18.2 Å². The number of hydrogen-bond donors (Lipinski definition) is 1. The largest absolute Gasteiger partial charge is 0.361 e. The summed E-state index contributed by atoms with van der Waals surface area (Å²) < 4.78 is 1.59. The van der Waals surface area contributed by atoms with Crippen molar-refractivity contribution in [2.75, 3.05) is 24.3 Å². The maximum absolute atomic E-state index is 12.4. The van der Waals surface area contributed by atoms with Crippen LogP contribution in [0.25, 0.3) is 5.82 Å². The molecule has 0 spiro atoms. The second-order valence-electron chi connectivity index (χ2n) is 4.94. The Morgan fingerprint density at radius 3 is 2.87 bits per heavy atom. The van der Waals surface area contributed by atoms with E-state index in [1.54, 1.807) is 52.4 Å². The molecule has 1 N–H and O–H groups in total. The number of pyridine rings is 1. The van der Waals surface area contributed by atoms with Gasteiger partial charge in [0.2, 0.25) is 0 Å². The molecule has 8 nitrogen and oxygen atoms in total. The van der Waals surface area contributed by atoms with E-state index in [0.29, 0.717) is 17.3 Å². The van der Waals surface area contributed by atoms with E-state index in [9.17, 15) is 4.79 Å². The number of carbonyl (C=O) groups is 1. The summed E-state index contributed by atoms with van der Waals surface area (Å²) in [4.78, 5) is 26.6. The van der Waals surface area contributed by atoms with Crippen molar-refractivity contribution >= 4 is 17.4 Å². The van der Waals surface area contributed by atoms with Gasteiger partial charge < -0.3 is 10.2 Å². The molecule has 116 valence electrons. The summed E-state index contributed by atoms with van der Waals surface area (Å²) in [5, 5.41) is 6.89. The van der Waals surface area contributed by atoms with Crippen LogP contribution in [0.15, 0.2) is 49.2 Å². The number of nitrogens with zero attached hydrogens (tertiary/aromatic N) is 6. The minimum absolute atomic E-state index is 0.284. The zero-order valence-corrected chi connectivity index (χ0v) is 12.7. The van der Waals surface area contributed by atoms with Gasteiger partial charge >= 0.3 is 0 Å². The van der Waals surface area contributed by atoms with Gasteiger partial charge in [-0.15, -0.1) is 0 Å². The Balaban J connectivity index is 1.86. The number of carbonyl (C=O) groups excluding carboxylic acids is 1. The molecule has 0 unspecified atom stereocenters. The fourth-order valence-corrected chi connectivity index (χ4v) is 2.04. The molecule has 0 aliphatic carbocycles. The maximum Gasteiger partial charge on any atom is 0.274 e. The lowest BCUT2D eigenvalue weighted by Crippen LogP contribution is -2.19. The smallest absolute Gasteiger partial charge is 0.274 e. The van der Waals surface area contributed by atoms with Crippen molar-refractivity contribution in [3.63, 3.8) is 0 Å². The molecule has 3 rings (SSSR count). The standard InChI is InChI=1S/C15H15N7O/c1-21(2)14-12(9-16-10-17-14)20-15(23)11-5-3-6-13(19-11)22-8-4-7-18-22/h3-10H,1-2H3,(H,20,23). The van der Waals surface area contributed by atoms with Crippen molar-refractivity contribution in [1.29, 1.82) is 0 Å². The van der Waals surface area contributed by atoms with Crippen LogP contribution < -0.4 is 10.2 Å². The van der Waals surface area contributed by atoms with Gasteiger partial charge in [0, 0.05) is 26.5 Å². The molecule has 3 aromatic heterocycles. The lowest BCUT2D eigenvalue weighted by Gasteiger charge is -2.15. The molecular weight excluding hydrogens is 294 g/mol. The predicted molar refractivity (Wildman–Crippen MR) is 85.7 cm³/mol. The first-order valence-electron chi connectivity index (χ1n) is 6.91. The van der Waals surface area contributed by atoms with E-state index in [1.807, 2.05) is 14.1 Å². The zero-order chi connectivity index (χ0) is 16.2. The lowest BCUT2D eigenvalue weighted by molar-refractivity contribution is 0.102. The van der Waals surface area contributed by atoms with Crippen LogP contribution in [0, 0.1) is 0 Å². The van der Waals surface area contributed by atoms with E-state index in [4.69, 9.17) is 0 Å². The second kappa shape index (κ2) is 6.22. The predicted octanol–water partition coefficient (Wildman–Crippen LogP) is 1.38. The molecular formula is C15H15N7O. The summed E-state index contributed by atoms with van der Waals surface area (Å²) in [5.74, 6) is 0.855. The van der Waals surface area contributed by atoms with E-state index in [0.717, 1.165) is 0 Å². The van der Waals surface area contributed by atoms with Crippen LogP contribution in [0.4, 0.5) is 11.5 Å². The summed E-state index contributed by atoms with van der Waals surface area (Å²) in [6.45, 7) is 0. The van der Waals surface area contributed by atoms with Crippen molar-refractivity contribution in [2.45, 2.75) is 0 Å². The van der Waals surface area contributed by atoms with E-state index in [1.165, 1.54) is 6.33 Å². The van der Waals surface area contributed by atoms with Gasteiger partial charge in [-0.25, -0.2) is 19.6 Å². The van der Waals surface area contributed by atoms with Crippen LogP contribution in [-0.4, -0.2) is 44.7 Å². The molecule has 0 atom stereocenters. The lowest BCUT2D eigenvalue weighted by atomic mass is 10.3. The number of anilines is 2. The molecule has 0 aromatic carbocycles. The monoisotopic (exact) mass is 309 g/mol. The van der Waals surface area contributed by atoms with Crippen molar-refractivity contribution in [3.05, 3.63) is 54.9 Å². The first-order valence-corrected chi connectivity index (χ1v) is 6.91. The number of nitrogens with one attached hydrogen (secondary N) is 1. The Morgan fingerprint density at radius 2 is 2.13 bits per heavy atom. The molecule has 0 aliphatic heterocycles. The minimum atomic E-state index is -0.336. The molecule has 23 heavy (non-hydrogen) atoms. The summed E-state index contributed by atoms with van der Waals surface area (Å²) in [6, 6.07) is 6.97. The van der Waals surface area contributed by atoms with E-state index in [2.05, 4.69) is 25.4 Å². The molecule has 3 aromatic rings. The fraction of sp³-hybridized carbons (Fsp3) is 0.133. The minimum Gasteiger partial charge on any atom is -0.361 e. The van der Waals surface area contributed by atoms with Gasteiger partial charge in [0.25, 0.3) is 5.91 Å². The Morgan fingerprint density at radius 1 is 1.26 bits per heavy atom. The van der Waals surface area contributed by atoms with Gasteiger partial charge in [0.15, 0.2) is 11.6 Å². The van der Waals surface area contributed by atoms with Crippen LogP contribution >= 0.6 is 0 Å². The summed E-state index contributed by atoms with van der Waals surface area (Å²) in [6.07, 6.45) is 6.40. The van der Waals surface area contributed by atoms with Crippen molar-refractivity contribution in [1.82, 2.24) is 24.7 Å². The highest BCUT2D eigenvalue weighted by Gasteiger charge is 2.13. The second-order valence-corrected chi connectivity index (χ2v) is 4.94. The third-order valence-electron chi connectivity index (χ3n) is 3.07. The van der Waals surface area contributed by atoms with Gasteiger partial charge in [-0.3, -0.25) is 4.79 Å². The van der Waals surface area contributed by atoms with Crippen molar-refractivity contribution in [3.8, 4) is 5.82 Å². The first-order chi connectivity index (χ1) is 11.1. The first kappa shape index (κ1) is 14.6. The number of rotatable bonds is 4. The van der Waals surface area contributed by atoms with Gasteiger partial charge in [0.1, 0.15) is 17.7 Å². The average molecular weight is 309 g/mol. The molecule has 0 saturated carbocycles. The van der Waals surface area contributed by atoms with Gasteiger partial charge in [0.05, 0.1) is 6.20 Å².